The van der Waals surface area contributed by atoms with E-state index in [1.165, 1.54) is 49.4 Å². The van der Waals surface area contributed by atoms with Crippen LogP contribution in [0.25, 0.3) is 77.7 Å². The third kappa shape index (κ3) is 6.13. The molecule has 278 valence electrons. The van der Waals surface area contributed by atoms with Crippen molar-refractivity contribution in [3.05, 3.63) is 225 Å². The van der Waals surface area contributed by atoms with Crippen LogP contribution in [-0.2, 0) is 0 Å². The number of nitrogens with zero attached hydrogens (tertiary/aromatic N) is 5. The molecule has 3 aromatic heterocycles. The highest BCUT2D eigenvalue weighted by Crippen LogP contribution is 2.41. The van der Waals surface area contributed by atoms with Gasteiger partial charge in [0.2, 0.25) is 0 Å². The van der Waals surface area contributed by atoms with E-state index in [-0.39, 0.29) is 0 Å². The maximum absolute atomic E-state index is 4.47. The first kappa shape index (κ1) is 34.2. The molecule has 0 unspecified atom stereocenters. The van der Waals surface area contributed by atoms with E-state index in [1.54, 1.807) is 12.4 Å². The normalized spacial score (nSPS) is 11.4. The van der Waals surface area contributed by atoms with E-state index in [1.807, 2.05) is 6.07 Å². The quantitative estimate of drug-likeness (QED) is 0.155. The molecule has 0 spiro atoms. The van der Waals surface area contributed by atoms with Gasteiger partial charge in [-0.3, -0.25) is 0 Å². The number of para-hydroxylation sites is 2. The van der Waals surface area contributed by atoms with E-state index < -0.39 is 0 Å². The van der Waals surface area contributed by atoms with Crippen LogP contribution in [0.15, 0.2) is 225 Å². The predicted octanol–water partition coefficient (Wildman–Crippen LogP) is 14.0. The van der Waals surface area contributed by atoms with Crippen LogP contribution in [0.3, 0.4) is 0 Å². The van der Waals surface area contributed by atoms with Crippen molar-refractivity contribution in [1.82, 2.24) is 19.1 Å². The first-order valence-electron chi connectivity index (χ1n) is 19.9. The molecule has 8 aromatic carbocycles. The summed E-state index contributed by atoms with van der Waals surface area (Å²) in [4.78, 5) is 11.2. The zero-order valence-corrected chi connectivity index (χ0v) is 32.1. The molecular weight excluding hydrogens is 719 g/mol. The van der Waals surface area contributed by atoms with Gasteiger partial charge in [0.25, 0.3) is 0 Å². The lowest BCUT2D eigenvalue weighted by Crippen LogP contribution is -2.09. The molecule has 0 radical (unpaired) electrons. The molecule has 0 aliphatic heterocycles. The summed E-state index contributed by atoms with van der Waals surface area (Å²) in [6, 6.07) is 73.5. The van der Waals surface area contributed by atoms with Crippen molar-refractivity contribution in [3.8, 4) is 45.0 Å². The van der Waals surface area contributed by atoms with Crippen molar-refractivity contribution in [2.24, 2.45) is 0 Å². The average Bonchev–Trinajstić information content (AvgIpc) is 3.90. The van der Waals surface area contributed by atoms with E-state index >= 15 is 0 Å². The van der Waals surface area contributed by atoms with E-state index in [2.05, 4.69) is 230 Å². The molecule has 0 amide bonds. The second kappa shape index (κ2) is 14.5. The summed E-state index contributed by atoms with van der Waals surface area (Å²) >= 11 is 0. The Morgan fingerprint density at radius 2 is 0.847 bits per heavy atom. The van der Waals surface area contributed by atoms with E-state index in [4.69, 9.17) is 0 Å². The number of rotatable bonds is 8. The highest BCUT2D eigenvalue weighted by molar-refractivity contribution is 6.21. The standard InChI is InChI=1S/C54H37N5/c1-4-11-38(12-5-1)39-17-24-45(25-18-39)58(47-28-21-41(22-29-47)54-55-34-10-35-56-54)46-26-19-40(20-27-46)42-23-30-51-49(37-42)53-48-33-36-57(43-13-6-2-7-14-43)50(48)31-32-52(53)59(51)44-15-8-3-9-16-44/h1-37H. The van der Waals surface area contributed by atoms with Crippen LogP contribution in [-0.4, -0.2) is 19.1 Å². The van der Waals surface area contributed by atoms with Crippen LogP contribution in [0, 0.1) is 0 Å². The molecule has 0 N–H and O–H groups in total. The Kier molecular flexibility index (Phi) is 8.41. The SMILES string of the molecule is c1ccc(-c2ccc(N(c3ccc(-c4ccc5c(c4)c4c6ccn(-c7ccccc7)c6ccc4n5-c4ccccc4)cc3)c3ccc(-c4ncccn4)cc3)cc2)cc1. The van der Waals surface area contributed by atoms with Crippen molar-refractivity contribution in [1.29, 1.82) is 0 Å². The molecular formula is C54H37N5. The Labute approximate surface area is 342 Å². The van der Waals surface area contributed by atoms with Crippen molar-refractivity contribution >= 4 is 49.8 Å². The lowest BCUT2D eigenvalue weighted by atomic mass is 10.0. The molecule has 0 aliphatic rings. The summed E-state index contributed by atoms with van der Waals surface area (Å²) in [5.74, 6) is 0.709. The van der Waals surface area contributed by atoms with E-state index in [0.717, 1.165) is 39.6 Å². The minimum atomic E-state index is 0.709. The zero-order chi connectivity index (χ0) is 39.1. The minimum Gasteiger partial charge on any atom is -0.317 e. The van der Waals surface area contributed by atoms with Crippen molar-refractivity contribution in [2.75, 3.05) is 4.90 Å². The van der Waals surface area contributed by atoms with Gasteiger partial charge in [-0.1, -0.05) is 97.1 Å². The van der Waals surface area contributed by atoms with Crippen molar-refractivity contribution < 1.29 is 0 Å². The fourth-order valence-corrected chi connectivity index (χ4v) is 8.48. The lowest BCUT2D eigenvalue weighted by Gasteiger charge is -2.26. The van der Waals surface area contributed by atoms with Crippen LogP contribution in [0.1, 0.15) is 0 Å². The number of fused-ring (bicyclic) bond motifs is 5. The Morgan fingerprint density at radius 3 is 1.47 bits per heavy atom. The zero-order valence-electron chi connectivity index (χ0n) is 32.1. The molecule has 0 saturated carbocycles. The first-order valence-corrected chi connectivity index (χ1v) is 19.9. The smallest absolute Gasteiger partial charge is 0.159 e. The Balaban J connectivity index is 1.02. The van der Waals surface area contributed by atoms with Gasteiger partial charge in [-0.25, -0.2) is 9.97 Å². The second-order valence-corrected chi connectivity index (χ2v) is 14.7. The molecule has 3 heterocycles. The van der Waals surface area contributed by atoms with Crippen LogP contribution in [0.5, 0.6) is 0 Å². The summed E-state index contributed by atoms with van der Waals surface area (Å²) in [7, 11) is 0. The first-order chi connectivity index (χ1) is 29.3. The van der Waals surface area contributed by atoms with Gasteiger partial charge in [-0.2, -0.15) is 0 Å². The topological polar surface area (TPSA) is 38.9 Å². The fourth-order valence-electron chi connectivity index (χ4n) is 8.48. The number of hydrogen-bond acceptors (Lipinski definition) is 3. The molecule has 5 nitrogen and oxygen atoms in total. The Morgan fingerprint density at radius 1 is 0.356 bits per heavy atom. The van der Waals surface area contributed by atoms with E-state index in [9.17, 15) is 0 Å². The van der Waals surface area contributed by atoms with Crippen LogP contribution in [0.4, 0.5) is 17.1 Å². The third-order valence-corrected chi connectivity index (χ3v) is 11.3. The molecule has 11 rings (SSSR count). The molecule has 0 bridgehead atoms. The van der Waals surface area contributed by atoms with Crippen molar-refractivity contribution in [3.63, 3.8) is 0 Å². The average molecular weight is 756 g/mol. The van der Waals surface area contributed by atoms with Gasteiger partial charge in [-0.15, -0.1) is 0 Å². The van der Waals surface area contributed by atoms with Crippen LogP contribution >= 0.6 is 0 Å². The largest absolute Gasteiger partial charge is 0.317 e. The molecule has 5 heteroatoms. The van der Waals surface area contributed by atoms with Gasteiger partial charge >= 0.3 is 0 Å². The number of hydrogen-bond donors (Lipinski definition) is 0. The van der Waals surface area contributed by atoms with E-state index in [0.29, 0.717) is 5.82 Å². The number of aromatic nitrogens is 4. The summed E-state index contributed by atoms with van der Waals surface area (Å²) < 4.78 is 4.68. The second-order valence-electron chi connectivity index (χ2n) is 14.7. The maximum Gasteiger partial charge on any atom is 0.159 e. The summed E-state index contributed by atoms with van der Waals surface area (Å²) in [6.45, 7) is 0. The molecule has 11 aromatic rings. The minimum absolute atomic E-state index is 0.709. The molecule has 0 fully saturated rings. The maximum atomic E-state index is 4.47. The fraction of sp³-hybridized carbons (Fsp3) is 0. The molecule has 0 saturated heterocycles. The van der Waals surface area contributed by atoms with Crippen LogP contribution < -0.4 is 4.90 Å². The summed E-state index contributed by atoms with van der Waals surface area (Å²) in [6.07, 6.45) is 5.75. The third-order valence-electron chi connectivity index (χ3n) is 11.3. The van der Waals surface area contributed by atoms with Gasteiger partial charge < -0.3 is 14.0 Å². The molecule has 59 heavy (non-hydrogen) atoms. The van der Waals surface area contributed by atoms with Gasteiger partial charge in [0.05, 0.1) is 16.6 Å². The number of benzene rings is 8. The molecule has 0 atom stereocenters. The van der Waals surface area contributed by atoms with Gasteiger partial charge in [0, 0.05) is 68.7 Å². The summed E-state index contributed by atoms with van der Waals surface area (Å²) in [5.41, 5.74) is 14.7. The predicted molar refractivity (Wildman–Crippen MR) is 244 cm³/mol. The lowest BCUT2D eigenvalue weighted by molar-refractivity contribution is 1.13. The van der Waals surface area contributed by atoms with Gasteiger partial charge in [0.15, 0.2) is 5.82 Å². The Bertz CT molecular complexity index is 3130. The van der Waals surface area contributed by atoms with Gasteiger partial charge in [0.1, 0.15) is 0 Å². The van der Waals surface area contributed by atoms with Gasteiger partial charge in [-0.05, 0) is 131 Å². The van der Waals surface area contributed by atoms with Crippen LogP contribution in [0.2, 0.25) is 0 Å². The molecule has 0 aliphatic carbocycles. The van der Waals surface area contributed by atoms with Crippen molar-refractivity contribution in [2.45, 2.75) is 0 Å². The Hall–Kier alpha value is -8.02. The summed E-state index contributed by atoms with van der Waals surface area (Å²) in [5, 5.41) is 3.71. The number of anilines is 3. The highest BCUT2D eigenvalue weighted by atomic mass is 15.1. The monoisotopic (exact) mass is 755 g/mol. The highest BCUT2D eigenvalue weighted by Gasteiger charge is 2.19.